The number of halogens is 1. The van der Waals surface area contributed by atoms with Crippen LogP contribution in [0.3, 0.4) is 0 Å². The highest BCUT2D eigenvalue weighted by molar-refractivity contribution is 6.30. The number of hydrogen-bond acceptors (Lipinski definition) is 3. The highest BCUT2D eigenvalue weighted by Gasteiger charge is 2.37. The van der Waals surface area contributed by atoms with E-state index >= 15 is 0 Å². The van der Waals surface area contributed by atoms with Crippen molar-refractivity contribution in [2.24, 2.45) is 10.9 Å². The fourth-order valence-corrected chi connectivity index (χ4v) is 4.59. The molecule has 2 aliphatic rings. The number of aromatic hydroxyl groups is 1. The number of phenolic OH excluding ortho intramolecular Hbond substituents is 1. The van der Waals surface area contributed by atoms with Crippen LogP contribution >= 0.6 is 11.6 Å². The Balaban J connectivity index is 1.39. The minimum absolute atomic E-state index is 0.166. The summed E-state index contributed by atoms with van der Waals surface area (Å²) in [4.78, 5) is 4.49. The molecule has 0 radical (unpaired) electrons. The molecule has 3 aromatic carbocycles. The fraction of sp³-hybridized carbons (Fsp3) is 0.160. The third-order valence-corrected chi connectivity index (χ3v) is 6.10. The van der Waals surface area contributed by atoms with E-state index in [1.54, 1.807) is 24.4 Å². The maximum Gasteiger partial charge on any atom is 0.124 e. The van der Waals surface area contributed by atoms with E-state index in [0.717, 1.165) is 12.1 Å². The predicted octanol–water partition coefficient (Wildman–Crippen LogP) is 6.62. The second-order valence-corrected chi connectivity index (χ2v) is 8.05. The van der Waals surface area contributed by atoms with Gasteiger partial charge in [-0.05, 0) is 59.9 Å². The molecule has 3 nitrogen and oxygen atoms in total. The van der Waals surface area contributed by atoms with E-state index < -0.39 is 0 Å². The number of nitrogens with zero attached hydrogens (tertiary/aromatic N) is 1. The van der Waals surface area contributed by atoms with Crippen molar-refractivity contribution in [3.8, 4) is 5.75 Å². The van der Waals surface area contributed by atoms with Crippen molar-refractivity contribution < 1.29 is 5.11 Å². The molecule has 3 aromatic rings. The van der Waals surface area contributed by atoms with Crippen LogP contribution in [0.25, 0.3) is 0 Å². The Morgan fingerprint density at radius 1 is 1.03 bits per heavy atom. The van der Waals surface area contributed by atoms with Gasteiger partial charge in [0.2, 0.25) is 0 Å². The Bertz CT molecular complexity index is 1100. The SMILES string of the molecule is Oc1ccc(Cl)cc1C=Nc1ccc([C@@H]2Nc3ccccc3[C@H]3C=CC[C@@H]32)cc1. The van der Waals surface area contributed by atoms with Crippen molar-refractivity contribution in [1.29, 1.82) is 0 Å². The van der Waals surface area contributed by atoms with Gasteiger partial charge in [0.1, 0.15) is 5.75 Å². The van der Waals surface area contributed by atoms with Crippen LogP contribution < -0.4 is 5.32 Å². The third-order valence-electron chi connectivity index (χ3n) is 5.87. The zero-order valence-corrected chi connectivity index (χ0v) is 16.6. The Morgan fingerprint density at radius 3 is 2.72 bits per heavy atom. The second kappa shape index (κ2) is 7.41. The summed E-state index contributed by atoms with van der Waals surface area (Å²) in [7, 11) is 0. The fourth-order valence-electron chi connectivity index (χ4n) is 4.41. The average Bonchev–Trinajstić information content (AvgIpc) is 3.24. The lowest BCUT2D eigenvalue weighted by molar-refractivity contribution is 0.425. The first kappa shape index (κ1) is 18.0. The molecule has 3 atom stereocenters. The minimum Gasteiger partial charge on any atom is -0.507 e. The number of phenols is 1. The van der Waals surface area contributed by atoms with Crippen LogP contribution in [0, 0.1) is 5.92 Å². The van der Waals surface area contributed by atoms with E-state index in [1.807, 2.05) is 12.1 Å². The van der Waals surface area contributed by atoms with E-state index in [4.69, 9.17) is 11.6 Å². The van der Waals surface area contributed by atoms with Crippen molar-refractivity contribution in [2.75, 3.05) is 5.32 Å². The first-order valence-corrected chi connectivity index (χ1v) is 10.2. The predicted molar refractivity (Wildman–Crippen MR) is 120 cm³/mol. The number of para-hydroxylation sites is 1. The van der Waals surface area contributed by atoms with Gasteiger partial charge in [0.15, 0.2) is 0 Å². The van der Waals surface area contributed by atoms with Crippen LogP contribution in [0.2, 0.25) is 5.02 Å². The molecule has 0 aromatic heterocycles. The minimum atomic E-state index is 0.166. The summed E-state index contributed by atoms with van der Waals surface area (Å²) in [5.74, 6) is 1.17. The van der Waals surface area contributed by atoms with E-state index in [1.165, 1.54) is 16.8 Å². The Hall–Kier alpha value is -3.04. The first-order valence-electron chi connectivity index (χ1n) is 9.84. The summed E-state index contributed by atoms with van der Waals surface area (Å²) in [6.45, 7) is 0. The number of fused-ring (bicyclic) bond motifs is 3. The summed E-state index contributed by atoms with van der Waals surface area (Å²) < 4.78 is 0. The van der Waals surface area contributed by atoms with Crippen molar-refractivity contribution in [3.63, 3.8) is 0 Å². The molecule has 1 heterocycles. The maximum absolute atomic E-state index is 9.93. The molecule has 0 amide bonds. The normalized spacial score (nSPS) is 22.3. The van der Waals surface area contributed by atoms with Crippen LogP contribution in [0.1, 0.15) is 35.1 Å². The molecule has 4 heteroatoms. The lowest BCUT2D eigenvalue weighted by Crippen LogP contribution is -2.28. The molecule has 0 saturated carbocycles. The second-order valence-electron chi connectivity index (χ2n) is 7.62. The lowest BCUT2D eigenvalue weighted by atomic mass is 9.77. The van der Waals surface area contributed by atoms with Crippen molar-refractivity contribution in [1.82, 2.24) is 0 Å². The zero-order chi connectivity index (χ0) is 19.8. The summed E-state index contributed by atoms with van der Waals surface area (Å²) in [6, 6.07) is 22.1. The molecule has 144 valence electrons. The number of benzene rings is 3. The highest BCUT2D eigenvalue weighted by Crippen LogP contribution is 2.49. The number of hydrogen-bond donors (Lipinski definition) is 2. The molecule has 0 fully saturated rings. The molecule has 0 spiro atoms. The summed E-state index contributed by atoms with van der Waals surface area (Å²) >= 11 is 6.00. The van der Waals surface area contributed by atoms with Gasteiger partial charge in [0.25, 0.3) is 0 Å². The van der Waals surface area contributed by atoms with Crippen LogP contribution in [0.4, 0.5) is 11.4 Å². The van der Waals surface area contributed by atoms with Crippen LogP contribution in [0.15, 0.2) is 83.9 Å². The molecule has 0 saturated heterocycles. The highest BCUT2D eigenvalue weighted by atomic mass is 35.5. The van der Waals surface area contributed by atoms with Gasteiger partial charge < -0.3 is 10.4 Å². The van der Waals surface area contributed by atoms with E-state index in [9.17, 15) is 5.11 Å². The Labute approximate surface area is 175 Å². The van der Waals surface area contributed by atoms with Gasteiger partial charge in [-0.15, -0.1) is 0 Å². The Kier molecular flexibility index (Phi) is 4.61. The van der Waals surface area contributed by atoms with Crippen molar-refractivity contribution in [2.45, 2.75) is 18.4 Å². The number of nitrogens with one attached hydrogen (secondary N) is 1. The van der Waals surface area contributed by atoms with Crippen LogP contribution in [-0.2, 0) is 0 Å². The molecular weight excluding hydrogens is 380 g/mol. The van der Waals surface area contributed by atoms with Gasteiger partial charge >= 0.3 is 0 Å². The molecule has 1 aliphatic carbocycles. The smallest absolute Gasteiger partial charge is 0.124 e. The Morgan fingerprint density at radius 2 is 1.86 bits per heavy atom. The molecule has 0 unspecified atom stereocenters. The summed E-state index contributed by atoms with van der Waals surface area (Å²) in [5, 5.41) is 14.3. The average molecular weight is 401 g/mol. The molecule has 0 bridgehead atoms. The summed E-state index contributed by atoms with van der Waals surface area (Å²) in [6.07, 6.45) is 7.39. The quantitative estimate of drug-likeness (QED) is 0.383. The zero-order valence-electron chi connectivity index (χ0n) is 15.8. The summed E-state index contributed by atoms with van der Waals surface area (Å²) in [5.41, 5.74) is 5.33. The standard InChI is InChI=1S/C25H21ClN2O/c26-18-10-13-24(29)17(14-18)15-27-19-11-8-16(9-12-19)25-22-6-3-5-20(22)21-4-1-2-7-23(21)28-25/h1-5,7-15,20,22,25,28-29H,6H2/t20-,22+,25+/m1/s1. The van der Waals surface area contributed by atoms with Crippen molar-refractivity contribution >= 4 is 29.2 Å². The third kappa shape index (κ3) is 3.43. The monoisotopic (exact) mass is 400 g/mol. The lowest BCUT2D eigenvalue weighted by Gasteiger charge is -2.37. The van der Waals surface area contributed by atoms with Gasteiger partial charge in [0, 0.05) is 28.4 Å². The number of aliphatic imine (C=N–C) groups is 1. The molecule has 2 N–H and O–H groups in total. The van der Waals surface area contributed by atoms with Crippen LogP contribution in [-0.4, -0.2) is 11.3 Å². The van der Waals surface area contributed by atoms with Gasteiger partial charge in [0.05, 0.1) is 11.7 Å². The van der Waals surface area contributed by atoms with Crippen molar-refractivity contribution in [3.05, 3.63) is 101 Å². The molecular formula is C25H21ClN2O. The largest absolute Gasteiger partial charge is 0.507 e. The van der Waals surface area contributed by atoms with Gasteiger partial charge in [-0.1, -0.05) is 54.1 Å². The topological polar surface area (TPSA) is 44.6 Å². The molecule has 1 aliphatic heterocycles. The van der Waals surface area contributed by atoms with Crippen LogP contribution in [0.5, 0.6) is 5.75 Å². The number of rotatable bonds is 3. The van der Waals surface area contributed by atoms with Gasteiger partial charge in [-0.25, -0.2) is 0 Å². The van der Waals surface area contributed by atoms with E-state index in [0.29, 0.717) is 22.4 Å². The molecule has 5 rings (SSSR count). The number of anilines is 1. The van der Waals surface area contributed by atoms with Gasteiger partial charge in [-0.2, -0.15) is 0 Å². The maximum atomic E-state index is 9.93. The number of allylic oxidation sites excluding steroid dienone is 2. The first-order chi connectivity index (χ1) is 14.2. The van der Waals surface area contributed by atoms with E-state index in [2.05, 4.69) is 58.9 Å². The molecule has 29 heavy (non-hydrogen) atoms. The van der Waals surface area contributed by atoms with Gasteiger partial charge in [-0.3, -0.25) is 4.99 Å². The van der Waals surface area contributed by atoms with E-state index in [-0.39, 0.29) is 11.8 Å².